The maximum Gasteiger partial charge on any atom is 0.253 e. The molecule has 0 saturated heterocycles. The minimum Gasteiger partial charge on any atom is -0.360 e. The number of amides is 1. The van der Waals surface area contributed by atoms with Crippen LogP contribution in [-0.2, 0) is 0 Å². The van der Waals surface area contributed by atoms with Crippen LogP contribution in [0.15, 0.2) is 59.6 Å². The van der Waals surface area contributed by atoms with Gasteiger partial charge in [-0.2, -0.15) is 0 Å². The van der Waals surface area contributed by atoms with Crippen LogP contribution in [0.25, 0.3) is 10.9 Å². The summed E-state index contributed by atoms with van der Waals surface area (Å²) in [4.78, 5) is 17.1. The molecule has 2 N–H and O–H groups in total. The van der Waals surface area contributed by atoms with E-state index in [9.17, 15) is 4.79 Å². The lowest BCUT2D eigenvalue weighted by molar-refractivity contribution is 0.0936. The zero-order chi connectivity index (χ0) is 14.9. The van der Waals surface area contributed by atoms with Crippen molar-refractivity contribution in [1.82, 2.24) is 10.3 Å². The Hall–Kier alpha value is -2.20. The SMILES string of the molecule is O=C(N[C@H]1CCSc2ccccc21)c1c[nH]c2ccccc12. The summed E-state index contributed by atoms with van der Waals surface area (Å²) >= 11 is 1.86. The Kier molecular flexibility index (Phi) is 3.39. The Morgan fingerprint density at radius 2 is 1.95 bits per heavy atom. The van der Waals surface area contributed by atoms with E-state index in [1.165, 1.54) is 10.5 Å². The fourth-order valence-electron chi connectivity index (χ4n) is 2.99. The largest absolute Gasteiger partial charge is 0.360 e. The average Bonchev–Trinajstić information content (AvgIpc) is 2.99. The van der Waals surface area contributed by atoms with Crippen molar-refractivity contribution in [2.45, 2.75) is 17.4 Å². The van der Waals surface area contributed by atoms with Gasteiger partial charge >= 0.3 is 0 Å². The van der Waals surface area contributed by atoms with Crippen molar-refractivity contribution in [3.8, 4) is 0 Å². The lowest BCUT2D eigenvalue weighted by Crippen LogP contribution is -2.30. The van der Waals surface area contributed by atoms with Crippen LogP contribution in [0.2, 0.25) is 0 Å². The molecule has 0 unspecified atom stereocenters. The Bertz CT molecular complexity index is 840. The third kappa shape index (κ3) is 2.29. The monoisotopic (exact) mass is 308 g/mol. The van der Waals surface area contributed by atoms with Crippen LogP contribution in [0, 0.1) is 0 Å². The standard InChI is InChI=1S/C18H16N2OS/c21-18(14-11-19-15-7-3-1-5-12(14)15)20-16-9-10-22-17-8-4-2-6-13(16)17/h1-8,11,16,19H,9-10H2,(H,20,21)/t16-/m0/s1. The van der Waals surface area contributed by atoms with Gasteiger partial charge in [0.15, 0.2) is 0 Å². The summed E-state index contributed by atoms with van der Waals surface area (Å²) in [5.74, 6) is 1.03. The number of aromatic amines is 1. The maximum absolute atomic E-state index is 12.7. The molecular weight excluding hydrogens is 292 g/mol. The summed E-state index contributed by atoms with van der Waals surface area (Å²) in [5, 5.41) is 4.17. The molecule has 1 aromatic heterocycles. The van der Waals surface area contributed by atoms with E-state index in [0.29, 0.717) is 5.56 Å². The third-order valence-corrected chi connectivity index (χ3v) is 5.22. The van der Waals surface area contributed by atoms with Crippen molar-refractivity contribution in [2.24, 2.45) is 0 Å². The molecule has 2 heterocycles. The predicted octanol–water partition coefficient (Wildman–Crippen LogP) is 4.13. The molecule has 0 spiro atoms. The number of hydrogen-bond donors (Lipinski definition) is 2. The van der Waals surface area contributed by atoms with Crippen LogP contribution in [0.4, 0.5) is 0 Å². The van der Waals surface area contributed by atoms with Gasteiger partial charge in [0.25, 0.3) is 5.91 Å². The number of thioether (sulfide) groups is 1. The van der Waals surface area contributed by atoms with E-state index in [4.69, 9.17) is 0 Å². The van der Waals surface area contributed by atoms with E-state index in [1.54, 1.807) is 6.20 Å². The first kappa shape index (κ1) is 13.5. The summed E-state index contributed by atoms with van der Waals surface area (Å²) in [6.07, 6.45) is 2.76. The lowest BCUT2D eigenvalue weighted by Gasteiger charge is -2.25. The van der Waals surface area contributed by atoms with Crippen molar-refractivity contribution in [3.05, 3.63) is 65.9 Å². The molecule has 1 aliphatic rings. The van der Waals surface area contributed by atoms with Gasteiger partial charge in [-0.3, -0.25) is 4.79 Å². The molecule has 0 saturated carbocycles. The Morgan fingerprint density at radius 3 is 2.91 bits per heavy atom. The van der Waals surface area contributed by atoms with Gasteiger partial charge in [-0.1, -0.05) is 36.4 Å². The number of benzene rings is 2. The van der Waals surface area contributed by atoms with Crippen LogP contribution in [0.3, 0.4) is 0 Å². The van der Waals surface area contributed by atoms with Gasteiger partial charge < -0.3 is 10.3 Å². The highest BCUT2D eigenvalue weighted by Crippen LogP contribution is 2.36. The zero-order valence-corrected chi connectivity index (χ0v) is 12.8. The van der Waals surface area contributed by atoms with Crippen LogP contribution >= 0.6 is 11.8 Å². The molecule has 0 radical (unpaired) electrons. The smallest absolute Gasteiger partial charge is 0.253 e. The van der Waals surface area contributed by atoms with Gasteiger partial charge in [0, 0.05) is 27.7 Å². The summed E-state index contributed by atoms with van der Waals surface area (Å²) in [7, 11) is 0. The van der Waals surface area contributed by atoms with Gasteiger partial charge in [-0.05, 0) is 24.1 Å². The van der Waals surface area contributed by atoms with E-state index >= 15 is 0 Å². The van der Waals surface area contributed by atoms with Gasteiger partial charge in [0.2, 0.25) is 0 Å². The topological polar surface area (TPSA) is 44.9 Å². The molecule has 0 aliphatic carbocycles. The number of rotatable bonds is 2. The number of fused-ring (bicyclic) bond motifs is 2. The van der Waals surface area contributed by atoms with Crippen molar-refractivity contribution in [2.75, 3.05) is 5.75 Å². The zero-order valence-electron chi connectivity index (χ0n) is 12.0. The third-order valence-electron chi connectivity index (χ3n) is 4.10. The van der Waals surface area contributed by atoms with Gasteiger partial charge in [-0.15, -0.1) is 11.8 Å². The highest BCUT2D eigenvalue weighted by atomic mass is 32.2. The molecule has 0 bridgehead atoms. The normalized spacial score (nSPS) is 17.2. The molecule has 1 atom stereocenters. The van der Waals surface area contributed by atoms with Crippen molar-refractivity contribution < 1.29 is 4.79 Å². The van der Waals surface area contributed by atoms with Gasteiger partial charge in [-0.25, -0.2) is 0 Å². The first-order valence-electron chi connectivity index (χ1n) is 7.41. The number of carbonyl (C=O) groups excluding carboxylic acids is 1. The summed E-state index contributed by atoms with van der Waals surface area (Å²) in [6.45, 7) is 0. The molecule has 22 heavy (non-hydrogen) atoms. The number of carbonyl (C=O) groups is 1. The van der Waals surface area contributed by atoms with Crippen molar-refractivity contribution in [1.29, 1.82) is 0 Å². The second kappa shape index (κ2) is 5.54. The van der Waals surface area contributed by atoms with Crippen LogP contribution in [0.5, 0.6) is 0 Å². The fourth-order valence-corrected chi connectivity index (χ4v) is 4.11. The minimum atomic E-state index is -0.0100. The molecular formula is C18H16N2OS. The average molecular weight is 308 g/mol. The van der Waals surface area contributed by atoms with E-state index in [1.807, 2.05) is 42.1 Å². The van der Waals surface area contributed by atoms with Crippen molar-refractivity contribution in [3.63, 3.8) is 0 Å². The second-order valence-corrected chi connectivity index (χ2v) is 6.59. The number of para-hydroxylation sites is 1. The Morgan fingerprint density at radius 1 is 1.14 bits per heavy atom. The maximum atomic E-state index is 12.7. The van der Waals surface area contributed by atoms with Gasteiger partial charge in [0.05, 0.1) is 11.6 Å². The van der Waals surface area contributed by atoms with E-state index < -0.39 is 0 Å². The minimum absolute atomic E-state index is 0.0100. The second-order valence-electron chi connectivity index (χ2n) is 5.45. The molecule has 1 aliphatic heterocycles. The molecule has 4 rings (SSSR count). The van der Waals surface area contributed by atoms with Gasteiger partial charge in [0.1, 0.15) is 0 Å². The molecule has 3 nitrogen and oxygen atoms in total. The first-order valence-corrected chi connectivity index (χ1v) is 8.40. The lowest BCUT2D eigenvalue weighted by atomic mass is 10.0. The Labute approximate surface area is 133 Å². The molecule has 4 heteroatoms. The van der Waals surface area contributed by atoms with Crippen molar-refractivity contribution >= 4 is 28.6 Å². The van der Waals surface area contributed by atoms with Crippen LogP contribution < -0.4 is 5.32 Å². The Balaban J connectivity index is 1.63. The predicted molar refractivity (Wildman–Crippen MR) is 90.3 cm³/mol. The highest BCUT2D eigenvalue weighted by molar-refractivity contribution is 7.99. The molecule has 110 valence electrons. The molecule has 0 fully saturated rings. The molecule has 2 aromatic carbocycles. The summed E-state index contributed by atoms with van der Waals surface area (Å²) in [5.41, 5.74) is 2.94. The number of aromatic nitrogens is 1. The molecule has 3 aromatic rings. The number of H-pyrrole nitrogens is 1. The van der Waals surface area contributed by atoms with E-state index in [0.717, 1.165) is 23.1 Å². The summed E-state index contributed by atoms with van der Waals surface area (Å²) in [6, 6.07) is 16.3. The quantitative estimate of drug-likeness (QED) is 0.747. The first-order chi connectivity index (χ1) is 10.8. The number of hydrogen-bond acceptors (Lipinski definition) is 2. The fraction of sp³-hybridized carbons (Fsp3) is 0.167. The molecule has 1 amide bonds. The number of nitrogens with one attached hydrogen (secondary N) is 2. The van der Waals surface area contributed by atoms with E-state index in [2.05, 4.69) is 28.5 Å². The van der Waals surface area contributed by atoms with Crippen LogP contribution in [0.1, 0.15) is 28.4 Å². The van der Waals surface area contributed by atoms with E-state index in [-0.39, 0.29) is 11.9 Å². The summed E-state index contributed by atoms with van der Waals surface area (Å²) < 4.78 is 0. The van der Waals surface area contributed by atoms with Crippen LogP contribution in [-0.4, -0.2) is 16.6 Å². The highest BCUT2D eigenvalue weighted by Gasteiger charge is 2.23.